The third-order valence-corrected chi connectivity index (χ3v) is 7.89. The van der Waals surface area contributed by atoms with Gasteiger partial charge in [0.05, 0.1) is 5.58 Å². The molecule has 3 aromatic heterocycles. The molecule has 0 amide bonds. The molecule has 0 atom stereocenters. The van der Waals surface area contributed by atoms with Crippen molar-refractivity contribution >= 4 is 21.9 Å². The number of furan rings is 1. The topological polar surface area (TPSA) is 38.9 Å². The first kappa shape index (κ1) is 21.5. The summed E-state index contributed by atoms with van der Waals surface area (Å²) >= 11 is 0. The maximum Gasteiger partial charge on any atom is 0.123 e. The van der Waals surface area contributed by atoms with E-state index in [9.17, 15) is 0 Å². The van der Waals surface area contributed by atoms with E-state index in [4.69, 9.17) is 30.5 Å². The Morgan fingerprint density at radius 2 is 1.36 bits per heavy atom. The van der Waals surface area contributed by atoms with Crippen LogP contribution in [0.2, 0.25) is 0 Å². The Hall–Kier alpha value is -4.37. The quantitative estimate of drug-likeness (QED) is 0.162. The molecule has 53 heavy (non-hydrogen) atoms. The molecule has 0 unspecified atom stereocenters. The molecule has 0 N–H and O–H groups in total. The van der Waals surface area contributed by atoms with Crippen LogP contribution in [-0.2, 0) is 32.9 Å². The van der Waals surface area contributed by atoms with Gasteiger partial charge >= 0.3 is 0 Å². The van der Waals surface area contributed by atoms with Crippen LogP contribution in [0.1, 0.15) is 107 Å². The van der Waals surface area contributed by atoms with Gasteiger partial charge in [-0.15, -0.1) is 53.6 Å². The standard InChI is InChI=1S/C32H32NO.C17H20N.Ir/c1-19-13-21(3)30-28(14-19)25-9-8-10-26(31(25)34-30)29-16-27(22(4)18-33-29)24-12-11-23(15-20(24)2)17-32(5,6)7;1-13-5-8-15(9-6-13)16-10-7-14(12-18-16)11-17(2,3)4;/h8-9,11-16,18H,17H2,1-7H3;5-8,10,12H,11H2,1-4H3;/q2*-1;/i1D3,2D3,3D3,4D3,17D2;1D3,11D2;. The average molecular weight is 896 g/mol. The Balaban J connectivity index is 0.000000336. The van der Waals surface area contributed by atoms with Crippen LogP contribution in [0, 0.1) is 57.2 Å². The van der Waals surface area contributed by atoms with Gasteiger partial charge in [-0.25, -0.2) is 0 Å². The van der Waals surface area contributed by atoms with E-state index in [1.807, 2.05) is 20.8 Å². The summed E-state index contributed by atoms with van der Waals surface area (Å²) in [5.41, 5.74) is 0.250. The normalized spacial score (nSPS) is 18.7. The van der Waals surface area contributed by atoms with Crippen molar-refractivity contribution in [3.8, 4) is 33.6 Å². The van der Waals surface area contributed by atoms with Gasteiger partial charge < -0.3 is 14.4 Å². The number of benzene rings is 4. The molecule has 1 radical (unpaired) electrons. The van der Waals surface area contributed by atoms with Crippen LogP contribution in [-0.4, -0.2) is 9.97 Å². The Kier molecular flexibility index (Phi) is 6.46. The average Bonchev–Trinajstić information content (AvgIpc) is 3.62. The maximum absolute atomic E-state index is 8.71. The summed E-state index contributed by atoms with van der Waals surface area (Å²) < 4.78 is 160. The summed E-state index contributed by atoms with van der Waals surface area (Å²) in [6, 6.07) is 25.1. The molecule has 0 saturated heterocycles. The van der Waals surface area contributed by atoms with E-state index >= 15 is 0 Å². The summed E-state index contributed by atoms with van der Waals surface area (Å²) in [4.78, 5) is 8.69. The fourth-order valence-electron chi connectivity index (χ4n) is 5.78. The van der Waals surface area contributed by atoms with Gasteiger partial charge in [-0.2, -0.15) is 0 Å². The van der Waals surface area contributed by atoms with E-state index in [0.717, 1.165) is 12.3 Å². The second-order valence-electron chi connectivity index (χ2n) is 14.6. The van der Waals surface area contributed by atoms with Crippen LogP contribution in [0.3, 0.4) is 0 Å². The molecule has 0 saturated carbocycles. The zero-order chi connectivity index (χ0) is 53.5. The number of hydrogen-bond donors (Lipinski definition) is 0. The van der Waals surface area contributed by atoms with Gasteiger partial charge in [0, 0.05) is 63.9 Å². The van der Waals surface area contributed by atoms with Crippen LogP contribution in [0.15, 0.2) is 95.7 Å². The van der Waals surface area contributed by atoms with E-state index in [1.165, 1.54) is 48.7 Å². The van der Waals surface area contributed by atoms with Gasteiger partial charge in [0.2, 0.25) is 0 Å². The third kappa shape index (κ3) is 9.60. The fourth-order valence-corrected chi connectivity index (χ4v) is 5.78. The van der Waals surface area contributed by atoms with Crippen molar-refractivity contribution in [1.29, 1.82) is 0 Å². The molecule has 0 aliphatic carbocycles. The van der Waals surface area contributed by atoms with Crippen molar-refractivity contribution in [2.75, 3.05) is 0 Å². The minimum atomic E-state index is -2.76. The summed E-state index contributed by atoms with van der Waals surface area (Å²) in [6.45, 7) is -2.32. The minimum absolute atomic E-state index is 0. The van der Waals surface area contributed by atoms with E-state index in [1.54, 1.807) is 51.1 Å². The van der Waals surface area contributed by atoms with Crippen LogP contribution in [0.5, 0.6) is 0 Å². The molecule has 7 aromatic rings. The maximum atomic E-state index is 8.71. The van der Waals surface area contributed by atoms with Gasteiger partial charge in [-0.1, -0.05) is 107 Å². The van der Waals surface area contributed by atoms with Crippen LogP contribution >= 0.6 is 0 Å². The van der Waals surface area contributed by atoms with E-state index < -0.39 is 57.8 Å². The van der Waals surface area contributed by atoms with Crippen molar-refractivity contribution in [3.05, 3.63) is 142 Å². The predicted octanol–water partition coefficient (Wildman–Crippen LogP) is 13.4. The Morgan fingerprint density at radius 1 is 0.623 bits per heavy atom. The summed E-state index contributed by atoms with van der Waals surface area (Å²) in [6.07, 6.45) is -0.778. The first-order chi connectivity index (χ1) is 32.2. The van der Waals surface area contributed by atoms with Crippen molar-refractivity contribution in [2.24, 2.45) is 10.8 Å². The van der Waals surface area contributed by atoms with E-state index in [2.05, 4.69) is 22.1 Å². The Morgan fingerprint density at radius 3 is 2.02 bits per heavy atom. The monoisotopic (exact) mass is 896 g/mol. The molecule has 3 heterocycles. The molecular weight excluding hydrogens is 825 g/mol. The summed E-state index contributed by atoms with van der Waals surface area (Å²) in [5.74, 6) is 0. The zero-order valence-electron chi connectivity index (χ0n) is 49.3. The molecule has 0 spiro atoms. The van der Waals surface area contributed by atoms with Crippen molar-refractivity contribution in [3.63, 3.8) is 0 Å². The first-order valence-electron chi connectivity index (χ1n) is 26.2. The molecule has 4 aromatic carbocycles. The number of pyridine rings is 2. The number of fused-ring (bicyclic) bond motifs is 3. The smallest absolute Gasteiger partial charge is 0.123 e. The number of nitrogens with zero attached hydrogens (tertiary/aromatic N) is 2. The Labute approximate surface area is 357 Å². The number of aryl methyl sites for hydroxylation is 5. The molecule has 0 aliphatic heterocycles. The second kappa shape index (κ2) is 15.9. The zero-order valence-corrected chi connectivity index (χ0v) is 32.7. The summed E-state index contributed by atoms with van der Waals surface area (Å²) in [7, 11) is 0. The van der Waals surface area contributed by atoms with Crippen molar-refractivity contribution in [1.82, 2.24) is 9.97 Å². The van der Waals surface area contributed by atoms with E-state index in [0.29, 0.717) is 22.2 Å². The number of rotatable bonds is 5. The van der Waals surface area contributed by atoms with Crippen LogP contribution < -0.4 is 0 Å². The predicted molar refractivity (Wildman–Crippen MR) is 220 cm³/mol. The van der Waals surface area contributed by atoms with Crippen molar-refractivity contribution in [2.45, 2.75) is 88.5 Å². The number of aromatic nitrogens is 2. The molecule has 7 rings (SSSR count). The van der Waals surface area contributed by atoms with E-state index in [-0.39, 0.29) is 92.4 Å². The molecule has 275 valence electrons. The summed E-state index contributed by atoms with van der Waals surface area (Å²) in [5, 5.41) is 0.614. The SMILES string of the molecule is [2H]C([2H])([2H])c1c[c-]c(-c2ccc(C([2H])([2H])C(C)(C)C)cn2)cc1.[2H]C([2H])([2H])c1cc(C([2H])([2H])[2H])c2oc3c(-c4cc(-c5ccc(C([2H])([2H])C(C)(C)C)cc5C([2H])([2H])[2H])c(C([2H])([2H])[2H])cn4)[c-]ccc3c2c1.[Ir]. The van der Waals surface area contributed by atoms with Gasteiger partial charge in [-0.05, 0) is 107 Å². The van der Waals surface area contributed by atoms with Crippen LogP contribution in [0.25, 0.3) is 55.6 Å². The largest absolute Gasteiger partial charge is 0.500 e. The molecule has 0 fully saturated rings. The minimum Gasteiger partial charge on any atom is -0.500 e. The van der Waals surface area contributed by atoms with Gasteiger partial charge in [-0.3, -0.25) is 0 Å². The molecule has 4 heteroatoms. The molecule has 3 nitrogen and oxygen atoms in total. The fraction of sp³-hybridized carbons (Fsp3) is 0.306. The second-order valence-corrected chi connectivity index (χ2v) is 14.6. The van der Waals surface area contributed by atoms with Gasteiger partial charge in [0.15, 0.2) is 0 Å². The number of hydrogen-bond acceptors (Lipinski definition) is 3. The third-order valence-electron chi connectivity index (χ3n) is 7.89. The van der Waals surface area contributed by atoms with Gasteiger partial charge in [0.1, 0.15) is 5.58 Å². The molecular formula is C49H52IrN2O-2. The first-order valence-corrected chi connectivity index (χ1v) is 16.7. The molecule has 0 bridgehead atoms. The van der Waals surface area contributed by atoms with Crippen molar-refractivity contribution < 1.29 is 50.6 Å². The van der Waals surface area contributed by atoms with Crippen LogP contribution in [0.4, 0.5) is 0 Å². The Bertz CT molecular complexity index is 3080. The molecule has 0 aliphatic rings. The van der Waals surface area contributed by atoms with Gasteiger partial charge in [0.25, 0.3) is 0 Å².